The minimum absolute atomic E-state index is 0.0665. The molecule has 0 unspecified atom stereocenters. The molecule has 35 heavy (non-hydrogen) atoms. The van der Waals surface area contributed by atoms with Gasteiger partial charge in [-0.15, -0.1) is 10.2 Å². The molecular formula is C25H22BrN5O3S. The predicted octanol–water partition coefficient (Wildman–Crippen LogP) is 4.96. The largest absolute Gasteiger partial charge is 0.507 e. The lowest BCUT2D eigenvalue weighted by Crippen LogP contribution is -2.20. The van der Waals surface area contributed by atoms with Gasteiger partial charge in [-0.05, 0) is 49.4 Å². The molecule has 1 heterocycles. The lowest BCUT2D eigenvalue weighted by atomic mass is 10.1. The van der Waals surface area contributed by atoms with Gasteiger partial charge in [0, 0.05) is 21.3 Å². The van der Waals surface area contributed by atoms with Crippen LogP contribution in [0.1, 0.15) is 11.1 Å². The number of nitrogens with zero attached hydrogens (tertiary/aromatic N) is 4. The molecule has 8 nitrogen and oxygen atoms in total. The van der Waals surface area contributed by atoms with Crippen molar-refractivity contribution in [3.05, 3.63) is 82.3 Å². The minimum Gasteiger partial charge on any atom is -0.507 e. The number of hydrazone groups is 1. The number of hydrogen-bond acceptors (Lipinski definition) is 7. The normalized spacial score (nSPS) is 11.1. The molecule has 0 aliphatic heterocycles. The summed E-state index contributed by atoms with van der Waals surface area (Å²) in [5.74, 6) is 1.23. The van der Waals surface area contributed by atoms with Gasteiger partial charge in [0.25, 0.3) is 5.91 Å². The van der Waals surface area contributed by atoms with Gasteiger partial charge in [-0.3, -0.25) is 9.36 Å². The molecule has 2 N–H and O–H groups in total. The number of methoxy groups -OCH3 is 1. The first-order valence-corrected chi connectivity index (χ1v) is 12.3. The number of thioether (sulfide) groups is 1. The van der Waals surface area contributed by atoms with Gasteiger partial charge in [0.15, 0.2) is 11.0 Å². The second-order valence-electron chi connectivity index (χ2n) is 7.49. The van der Waals surface area contributed by atoms with Crippen molar-refractivity contribution >= 4 is 39.8 Å². The van der Waals surface area contributed by atoms with Gasteiger partial charge in [-0.2, -0.15) is 5.10 Å². The number of ether oxygens (including phenoxy) is 1. The highest BCUT2D eigenvalue weighted by Gasteiger charge is 2.17. The first kappa shape index (κ1) is 24.5. The fourth-order valence-electron chi connectivity index (χ4n) is 3.18. The Morgan fingerprint density at radius 1 is 1.14 bits per heavy atom. The third-order valence-electron chi connectivity index (χ3n) is 4.99. The van der Waals surface area contributed by atoms with Crippen molar-refractivity contribution in [2.75, 3.05) is 12.9 Å². The number of phenols is 1. The number of carbonyl (C=O) groups is 1. The number of carbonyl (C=O) groups excluding carboxylic acids is 1. The third kappa shape index (κ3) is 6.09. The molecule has 1 aromatic heterocycles. The Kier molecular flexibility index (Phi) is 7.84. The monoisotopic (exact) mass is 551 g/mol. The van der Waals surface area contributed by atoms with E-state index in [-0.39, 0.29) is 17.4 Å². The molecule has 0 aliphatic rings. The van der Waals surface area contributed by atoms with Gasteiger partial charge < -0.3 is 9.84 Å². The van der Waals surface area contributed by atoms with E-state index in [0.717, 1.165) is 27.0 Å². The van der Waals surface area contributed by atoms with Crippen molar-refractivity contribution in [2.45, 2.75) is 12.1 Å². The van der Waals surface area contributed by atoms with E-state index in [1.54, 1.807) is 25.3 Å². The van der Waals surface area contributed by atoms with Crippen molar-refractivity contribution in [3.63, 3.8) is 0 Å². The maximum atomic E-state index is 12.4. The molecule has 0 saturated carbocycles. The number of phenolic OH excluding ortho intramolecular Hbond substituents is 1. The maximum Gasteiger partial charge on any atom is 0.250 e. The van der Waals surface area contributed by atoms with Crippen LogP contribution in [0.3, 0.4) is 0 Å². The van der Waals surface area contributed by atoms with Crippen LogP contribution in [0.15, 0.2) is 81.5 Å². The molecule has 4 aromatic rings. The number of benzene rings is 3. The summed E-state index contributed by atoms with van der Waals surface area (Å²) in [6.45, 7) is 2.03. The summed E-state index contributed by atoms with van der Waals surface area (Å²) in [7, 11) is 1.62. The summed E-state index contributed by atoms with van der Waals surface area (Å²) in [4.78, 5) is 12.4. The molecule has 1 amide bonds. The van der Waals surface area contributed by atoms with Gasteiger partial charge >= 0.3 is 0 Å². The summed E-state index contributed by atoms with van der Waals surface area (Å²) >= 11 is 4.58. The highest BCUT2D eigenvalue weighted by Crippen LogP contribution is 2.29. The highest BCUT2D eigenvalue weighted by atomic mass is 79.9. The Bertz CT molecular complexity index is 1350. The molecule has 178 valence electrons. The van der Waals surface area contributed by atoms with Crippen molar-refractivity contribution in [1.82, 2.24) is 20.2 Å². The number of hydrogen-bond donors (Lipinski definition) is 2. The molecule has 0 aliphatic carbocycles. The molecule has 0 saturated heterocycles. The number of aromatic nitrogens is 3. The van der Waals surface area contributed by atoms with Crippen molar-refractivity contribution in [1.29, 1.82) is 0 Å². The molecule has 10 heteroatoms. The Hall–Kier alpha value is -3.63. The van der Waals surface area contributed by atoms with Gasteiger partial charge in [0.05, 0.1) is 19.1 Å². The Balaban J connectivity index is 1.52. The van der Waals surface area contributed by atoms with Gasteiger partial charge in [-0.1, -0.05) is 57.5 Å². The van der Waals surface area contributed by atoms with Gasteiger partial charge in [0.2, 0.25) is 0 Å². The number of amides is 1. The second kappa shape index (κ2) is 11.2. The van der Waals surface area contributed by atoms with E-state index >= 15 is 0 Å². The van der Waals surface area contributed by atoms with Crippen LogP contribution in [0.4, 0.5) is 0 Å². The lowest BCUT2D eigenvalue weighted by molar-refractivity contribution is -0.118. The summed E-state index contributed by atoms with van der Waals surface area (Å²) in [6.07, 6.45) is 1.39. The average Bonchev–Trinajstić information content (AvgIpc) is 3.29. The first-order valence-electron chi connectivity index (χ1n) is 10.5. The summed E-state index contributed by atoms with van der Waals surface area (Å²) in [6, 6.07) is 20.5. The Morgan fingerprint density at radius 3 is 2.60 bits per heavy atom. The zero-order valence-electron chi connectivity index (χ0n) is 19.0. The number of nitrogens with one attached hydrogen (secondary N) is 1. The molecule has 0 spiro atoms. The summed E-state index contributed by atoms with van der Waals surface area (Å²) in [5, 5.41) is 23.1. The molecule has 4 rings (SSSR count). The quantitative estimate of drug-likeness (QED) is 0.182. The van der Waals surface area contributed by atoms with Crippen LogP contribution >= 0.6 is 27.7 Å². The fraction of sp³-hybridized carbons (Fsp3) is 0.120. The van der Waals surface area contributed by atoms with Crippen LogP contribution in [0.5, 0.6) is 11.5 Å². The van der Waals surface area contributed by atoms with E-state index in [4.69, 9.17) is 4.74 Å². The number of aryl methyl sites for hydroxylation is 1. The van der Waals surface area contributed by atoms with E-state index in [1.165, 1.54) is 18.0 Å². The molecule has 0 atom stereocenters. The zero-order valence-corrected chi connectivity index (χ0v) is 21.4. The summed E-state index contributed by atoms with van der Waals surface area (Å²) in [5.41, 5.74) is 5.86. The molecule has 0 bridgehead atoms. The molecular weight excluding hydrogens is 530 g/mol. The van der Waals surface area contributed by atoms with Crippen LogP contribution in [0.25, 0.3) is 17.1 Å². The van der Waals surface area contributed by atoms with E-state index in [0.29, 0.717) is 16.5 Å². The van der Waals surface area contributed by atoms with Crippen molar-refractivity contribution < 1.29 is 14.6 Å². The zero-order chi connectivity index (χ0) is 24.8. The third-order valence-corrected chi connectivity index (χ3v) is 6.41. The first-order chi connectivity index (χ1) is 16.9. The lowest BCUT2D eigenvalue weighted by Gasteiger charge is -2.11. The van der Waals surface area contributed by atoms with Crippen LogP contribution < -0.4 is 10.2 Å². The van der Waals surface area contributed by atoms with Crippen LogP contribution in [-0.4, -0.2) is 44.9 Å². The standard InChI is InChI=1S/C25H22BrN5O3S/c1-16-3-5-17(6-4-16)24-29-30-25(31(24)20-8-10-21(34-2)11-9-20)35-15-23(33)28-27-14-18-13-19(26)7-12-22(18)32/h3-14,32H,15H2,1-2H3,(H,28,33)/b27-14-. The van der Waals surface area contributed by atoms with Crippen LogP contribution in [-0.2, 0) is 4.79 Å². The molecule has 0 fully saturated rings. The number of aromatic hydroxyl groups is 1. The van der Waals surface area contributed by atoms with Gasteiger partial charge in [0.1, 0.15) is 11.5 Å². The van der Waals surface area contributed by atoms with Gasteiger partial charge in [-0.25, -0.2) is 5.43 Å². The average molecular weight is 552 g/mol. The number of rotatable bonds is 8. The smallest absolute Gasteiger partial charge is 0.250 e. The van der Waals surface area contributed by atoms with Crippen molar-refractivity contribution in [3.8, 4) is 28.6 Å². The van der Waals surface area contributed by atoms with Crippen molar-refractivity contribution in [2.24, 2.45) is 5.10 Å². The maximum absolute atomic E-state index is 12.4. The highest BCUT2D eigenvalue weighted by molar-refractivity contribution is 9.10. The molecule has 0 radical (unpaired) electrons. The Morgan fingerprint density at radius 2 is 1.89 bits per heavy atom. The predicted molar refractivity (Wildman–Crippen MR) is 140 cm³/mol. The fourth-order valence-corrected chi connectivity index (χ4v) is 4.31. The van der Waals surface area contributed by atoms with Crippen LogP contribution in [0, 0.1) is 6.92 Å². The summed E-state index contributed by atoms with van der Waals surface area (Å²) < 4.78 is 7.98. The second-order valence-corrected chi connectivity index (χ2v) is 9.35. The number of halogens is 1. The van der Waals surface area contributed by atoms with E-state index in [9.17, 15) is 9.90 Å². The molecule has 3 aromatic carbocycles. The van der Waals surface area contributed by atoms with E-state index < -0.39 is 0 Å². The van der Waals surface area contributed by atoms with E-state index in [2.05, 4.69) is 36.7 Å². The minimum atomic E-state index is -0.318. The SMILES string of the molecule is COc1ccc(-n2c(SCC(=O)N/N=C\c3cc(Br)ccc3O)nnc2-c2ccc(C)cc2)cc1. The van der Waals surface area contributed by atoms with E-state index in [1.807, 2.05) is 60.0 Å². The topological polar surface area (TPSA) is 102 Å². The van der Waals surface area contributed by atoms with Crippen LogP contribution in [0.2, 0.25) is 0 Å². The Labute approximate surface area is 215 Å².